The molecule has 2 aromatic rings. The summed E-state index contributed by atoms with van der Waals surface area (Å²) in [6, 6.07) is -0.107. The molecular weight excluding hydrogens is 465 g/mol. The van der Waals surface area contributed by atoms with Crippen LogP contribution in [0.3, 0.4) is 0 Å². The summed E-state index contributed by atoms with van der Waals surface area (Å²) in [5.41, 5.74) is 1.11. The molecule has 1 aromatic carbocycles. The molecular formula is C20H21F3N4O5S. The SMILES string of the molecule is O=C(O)N[C@H]1C[C@@H](N2Cc3cn(S(=O)(=O)C4CC4)nc3C2)CO[C@H]1c1cc(F)c(F)cc1F. The number of hydrogen-bond acceptors (Lipinski definition) is 6. The highest BCUT2D eigenvalue weighted by atomic mass is 32.2. The Morgan fingerprint density at radius 2 is 1.88 bits per heavy atom. The third-order valence-corrected chi connectivity index (χ3v) is 8.34. The molecule has 0 bridgehead atoms. The molecule has 178 valence electrons. The Labute approximate surface area is 187 Å². The maximum atomic E-state index is 14.3. The third kappa shape index (κ3) is 4.08. The van der Waals surface area contributed by atoms with Crippen LogP contribution in [0.1, 0.15) is 42.2 Å². The van der Waals surface area contributed by atoms with E-state index in [1.165, 1.54) is 6.20 Å². The number of amides is 1. The molecule has 5 rings (SSSR count). The van der Waals surface area contributed by atoms with Gasteiger partial charge in [0.15, 0.2) is 11.6 Å². The predicted molar refractivity (Wildman–Crippen MR) is 107 cm³/mol. The van der Waals surface area contributed by atoms with Crippen molar-refractivity contribution in [2.75, 3.05) is 6.61 Å². The molecule has 2 fully saturated rings. The lowest BCUT2D eigenvalue weighted by atomic mass is 9.92. The third-order valence-electron chi connectivity index (χ3n) is 6.32. The molecule has 3 atom stereocenters. The number of halogens is 3. The summed E-state index contributed by atoms with van der Waals surface area (Å²) in [4.78, 5) is 13.3. The molecule has 0 spiro atoms. The fourth-order valence-electron chi connectivity index (χ4n) is 4.49. The molecule has 2 N–H and O–H groups in total. The molecule has 1 saturated carbocycles. The van der Waals surface area contributed by atoms with Gasteiger partial charge in [0.2, 0.25) is 0 Å². The monoisotopic (exact) mass is 486 g/mol. The van der Waals surface area contributed by atoms with Crippen LogP contribution in [-0.4, -0.2) is 57.6 Å². The van der Waals surface area contributed by atoms with Gasteiger partial charge in [-0.3, -0.25) is 4.90 Å². The topological polar surface area (TPSA) is 114 Å². The molecule has 1 amide bonds. The van der Waals surface area contributed by atoms with Crippen molar-refractivity contribution in [2.45, 2.75) is 55.8 Å². The number of ether oxygens (including phenoxy) is 1. The fourth-order valence-corrected chi connectivity index (χ4v) is 6.01. The number of rotatable bonds is 5. The van der Waals surface area contributed by atoms with E-state index in [0.717, 1.165) is 9.65 Å². The lowest BCUT2D eigenvalue weighted by Crippen LogP contribution is -2.51. The normalized spacial score (nSPS) is 25.7. The Bertz CT molecular complexity index is 1190. The molecule has 2 aliphatic heterocycles. The van der Waals surface area contributed by atoms with E-state index in [0.29, 0.717) is 43.8 Å². The van der Waals surface area contributed by atoms with Gasteiger partial charge >= 0.3 is 6.09 Å². The summed E-state index contributed by atoms with van der Waals surface area (Å²) < 4.78 is 73.0. The van der Waals surface area contributed by atoms with Gasteiger partial charge < -0.3 is 15.2 Å². The van der Waals surface area contributed by atoms with Crippen molar-refractivity contribution in [3.05, 3.63) is 52.6 Å². The molecule has 3 aliphatic rings. The largest absolute Gasteiger partial charge is 0.465 e. The molecule has 1 saturated heterocycles. The Balaban J connectivity index is 1.32. The van der Waals surface area contributed by atoms with Crippen molar-refractivity contribution in [2.24, 2.45) is 0 Å². The van der Waals surface area contributed by atoms with E-state index in [1.54, 1.807) is 0 Å². The number of fused-ring (bicyclic) bond motifs is 1. The van der Waals surface area contributed by atoms with Crippen LogP contribution in [0.15, 0.2) is 18.3 Å². The van der Waals surface area contributed by atoms with Crippen molar-refractivity contribution >= 4 is 16.1 Å². The van der Waals surface area contributed by atoms with Crippen LogP contribution < -0.4 is 5.32 Å². The lowest BCUT2D eigenvalue weighted by Gasteiger charge is -2.40. The first-order valence-electron chi connectivity index (χ1n) is 10.4. The van der Waals surface area contributed by atoms with Gasteiger partial charge in [-0.15, -0.1) is 0 Å². The first kappa shape index (κ1) is 22.2. The van der Waals surface area contributed by atoms with Crippen LogP contribution in [0.25, 0.3) is 0 Å². The summed E-state index contributed by atoms with van der Waals surface area (Å²) in [6.07, 6.45) is 0.513. The summed E-state index contributed by atoms with van der Waals surface area (Å²) in [5.74, 6) is -3.63. The Kier molecular flexibility index (Phi) is 5.37. The highest BCUT2D eigenvalue weighted by Crippen LogP contribution is 2.36. The first-order chi connectivity index (χ1) is 15.6. The smallest absolute Gasteiger partial charge is 0.404 e. The van der Waals surface area contributed by atoms with Gasteiger partial charge in [-0.1, -0.05) is 0 Å². The number of benzene rings is 1. The minimum absolute atomic E-state index is 0.0888. The zero-order valence-electron chi connectivity index (χ0n) is 17.2. The number of carboxylic acid groups (broad SMARTS) is 1. The summed E-state index contributed by atoms with van der Waals surface area (Å²) in [7, 11) is -3.46. The quantitative estimate of drug-likeness (QED) is 0.623. The van der Waals surface area contributed by atoms with Crippen LogP contribution in [-0.2, 0) is 27.8 Å². The zero-order chi connectivity index (χ0) is 23.5. The second-order valence-corrected chi connectivity index (χ2v) is 10.7. The van der Waals surface area contributed by atoms with E-state index in [2.05, 4.69) is 10.4 Å². The number of aromatic nitrogens is 2. The predicted octanol–water partition coefficient (Wildman–Crippen LogP) is 2.12. The van der Waals surface area contributed by atoms with Gasteiger partial charge in [-0.25, -0.2) is 26.4 Å². The van der Waals surface area contributed by atoms with Crippen LogP contribution >= 0.6 is 0 Å². The Hall–Kier alpha value is -2.64. The molecule has 13 heteroatoms. The average Bonchev–Trinajstić information content (AvgIpc) is 3.41. The molecule has 33 heavy (non-hydrogen) atoms. The molecule has 1 aromatic heterocycles. The van der Waals surface area contributed by atoms with Crippen molar-refractivity contribution in [1.29, 1.82) is 0 Å². The van der Waals surface area contributed by atoms with Gasteiger partial charge in [-0.2, -0.15) is 9.19 Å². The fraction of sp³-hybridized carbons (Fsp3) is 0.500. The Morgan fingerprint density at radius 1 is 1.15 bits per heavy atom. The second kappa shape index (κ2) is 7.99. The molecule has 0 unspecified atom stereocenters. The van der Waals surface area contributed by atoms with Crippen LogP contribution in [0, 0.1) is 17.5 Å². The van der Waals surface area contributed by atoms with E-state index >= 15 is 0 Å². The van der Waals surface area contributed by atoms with Gasteiger partial charge in [-0.05, 0) is 25.3 Å². The molecule has 9 nitrogen and oxygen atoms in total. The van der Waals surface area contributed by atoms with E-state index in [-0.39, 0.29) is 29.9 Å². The molecule has 1 aliphatic carbocycles. The maximum Gasteiger partial charge on any atom is 0.404 e. The molecule has 0 radical (unpaired) electrons. The summed E-state index contributed by atoms with van der Waals surface area (Å²) in [5, 5.41) is 15.4. The standard InChI is InChI=1S/C20H21F3N4O5S/c21-14-5-16(23)15(22)4-13(14)19-17(24-20(28)29)3-11(9-32-19)26-6-10-7-27(25-18(10)8-26)33(30,31)12-1-2-12/h4-5,7,11-12,17,19,24H,1-3,6,8-9H2,(H,28,29)/t11-,17+,19+/m1/s1. The number of nitrogens with zero attached hydrogens (tertiary/aromatic N) is 3. The van der Waals surface area contributed by atoms with Crippen LogP contribution in [0.5, 0.6) is 0 Å². The highest BCUT2D eigenvalue weighted by Gasteiger charge is 2.41. The summed E-state index contributed by atoms with van der Waals surface area (Å²) >= 11 is 0. The van der Waals surface area contributed by atoms with E-state index < -0.39 is 45.7 Å². The molecule has 3 heterocycles. The lowest BCUT2D eigenvalue weighted by molar-refractivity contribution is -0.0602. The number of carbonyl (C=O) groups is 1. The highest BCUT2D eigenvalue weighted by molar-refractivity contribution is 7.90. The van der Waals surface area contributed by atoms with Crippen molar-refractivity contribution in [3.8, 4) is 0 Å². The number of nitrogens with one attached hydrogen (secondary N) is 1. The Morgan fingerprint density at radius 3 is 2.55 bits per heavy atom. The van der Waals surface area contributed by atoms with Gasteiger partial charge in [0, 0.05) is 42.5 Å². The number of hydrogen-bond donors (Lipinski definition) is 2. The van der Waals surface area contributed by atoms with Crippen molar-refractivity contribution in [1.82, 2.24) is 19.4 Å². The van der Waals surface area contributed by atoms with Crippen LogP contribution in [0.4, 0.5) is 18.0 Å². The maximum absolute atomic E-state index is 14.3. The van der Waals surface area contributed by atoms with Crippen LogP contribution in [0.2, 0.25) is 0 Å². The average molecular weight is 486 g/mol. The van der Waals surface area contributed by atoms with E-state index in [1.807, 2.05) is 4.90 Å². The minimum atomic E-state index is -3.46. The van der Waals surface area contributed by atoms with Gasteiger partial charge in [0.05, 0.1) is 23.6 Å². The zero-order valence-corrected chi connectivity index (χ0v) is 18.1. The van der Waals surface area contributed by atoms with Crippen molar-refractivity contribution < 1.29 is 36.2 Å². The first-order valence-corrected chi connectivity index (χ1v) is 11.9. The van der Waals surface area contributed by atoms with Gasteiger partial charge in [0.1, 0.15) is 11.9 Å². The summed E-state index contributed by atoms with van der Waals surface area (Å²) in [6.45, 7) is 0.833. The van der Waals surface area contributed by atoms with Gasteiger partial charge in [0.25, 0.3) is 10.0 Å². The van der Waals surface area contributed by atoms with E-state index in [9.17, 15) is 31.5 Å². The van der Waals surface area contributed by atoms with Crippen molar-refractivity contribution in [3.63, 3.8) is 0 Å². The van der Waals surface area contributed by atoms with E-state index in [4.69, 9.17) is 4.74 Å². The second-order valence-electron chi connectivity index (χ2n) is 8.61. The minimum Gasteiger partial charge on any atom is -0.465 e.